The minimum atomic E-state index is -0.520. The fourth-order valence-corrected chi connectivity index (χ4v) is 3.14. The van der Waals surface area contributed by atoms with E-state index < -0.39 is 5.91 Å². The Balaban J connectivity index is 0.00000300. The molecule has 9 heteroatoms. The lowest BCUT2D eigenvalue weighted by Crippen LogP contribution is -2.49. The van der Waals surface area contributed by atoms with Crippen LogP contribution in [0.4, 0.5) is 0 Å². The number of piperazine rings is 1. The average molecular weight is 420 g/mol. The summed E-state index contributed by atoms with van der Waals surface area (Å²) in [4.78, 5) is 29.5. The standard InChI is InChI=1S/C20H25N5O3.ClH/c21-19(26)14-28-17-5-3-15(4-6-17)10-24-20(27)13-25-9-8-23-12-18(25)16-2-1-7-22-11-16;/h1-7,11,18,23H,8-10,12-14H2,(H2,21,26)(H,24,27);1H. The Morgan fingerprint density at radius 2 is 2.07 bits per heavy atom. The first kappa shape index (κ1) is 22.6. The van der Waals surface area contributed by atoms with Gasteiger partial charge in [-0.1, -0.05) is 18.2 Å². The van der Waals surface area contributed by atoms with Crippen molar-refractivity contribution >= 4 is 24.2 Å². The molecule has 0 aliphatic carbocycles. The van der Waals surface area contributed by atoms with E-state index in [-0.39, 0.29) is 31.0 Å². The minimum absolute atomic E-state index is 0. The summed E-state index contributed by atoms with van der Waals surface area (Å²) in [6.07, 6.45) is 3.60. The van der Waals surface area contributed by atoms with E-state index in [4.69, 9.17) is 10.5 Å². The van der Waals surface area contributed by atoms with E-state index >= 15 is 0 Å². The molecular weight excluding hydrogens is 394 g/mol. The number of nitrogens with zero attached hydrogens (tertiary/aromatic N) is 2. The Labute approximate surface area is 176 Å². The Morgan fingerprint density at radius 3 is 2.76 bits per heavy atom. The van der Waals surface area contributed by atoms with Crippen LogP contribution in [0.25, 0.3) is 0 Å². The van der Waals surface area contributed by atoms with Gasteiger partial charge in [0, 0.05) is 44.6 Å². The summed E-state index contributed by atoms with van der Waals surface area (Å²) in [5.41, 5.74) is 7.11. The lowest BCUT2D eigenvalue weighted by molar-refractivity contribution is -0.123. The van der Waals surface area contributed by atoms with Crippen molar-refractivity contribution in [1.29, 1.82) is 0 Å². The highest BCUT2D eigenvalue weighted by molar-refractivity contribution is 5.85. The van der Waals surface area contributed by atoms with Crippen molar-refractivity contribution in [2.24, 2.45) is 5.73 Å². The van der Waals surface area contributed by atoms with Crippen molar-refractivity contribution in [1.82, 2.24) is 20.5 Å². The first-order valence-corrected chi connectivity index (χ1v) is 9.23. The molecule has 2 amide bonds. The summed E-state index contributed by atoms with van der Waals surface area (Å²) < 4.78 is 5.22. The maximum atomic E-state index is 12.4. The molecule has 1 saturated heterocycles. The van der Waals surface area contributed by atoms with E-state index in [0.717, 1.165) is 30.8 Å². The quantitative estimate of drug-likeness (QED) is 0.579. The molecule has 1 aromatic carbocycles. The average Bonchev–Trinajstić information content (AvgIpc) is 2.72. The fourth-order valence-electron chi connectivity index (χ4n) is 3.14. The highest BCUT2D eigenvalue weighted by Gasteiger charge is 2.25. The Hall–Kier alpha value is -2.68. The zero-order valence-corrected chi connectivity index (χ0v) is 16.9. The van der Waals surface area contributed by atoms with Crippen LogP contribution in [0.15, 0.2) is 48.8 Å². The van der Waals surface area contributed by atoms with Crippen LogP contribution in [0.3, 0.4) is 0 Å². The number of halogens is 1. The molecule has 4 N–H and O–H groups in total. The second-order valence-electron chi connectivity index (χ2n) is 6.65. The number of carbonyl (C=O) groups excluding carboxylic acids is 2. The van der Waals surface area contributed by atoms with Crippen molar-refractivity contribution in [3.05, 3.63) is 59.9 Å². The second kappa shape index (κ2) is 11.4. The van der Waals surface area contributed by atoms with E-state index in [1.165, 1.54) is 0 Å². The van der Waals surface area contributed by atoms with E-state index in [0.29, 0.717) is 18.8 Å². The van der Waals surface area contributed by atoms with Gasteiger partial charge < -0.3 is 21.1 Å². The monoisotopic (exact) mass is 419 g/mol. The predicted molar refractivity (Wildman–Crippen MR) is 112 cm³/mol. The first-order chi connectivity index (χ1) is 13.6. The molecule has 1 aliphatic heterocycles. The number of carbonyl (C=O) groups is 2. The number of hydrogen-bond donors (Lipinski definition) is 3. The summed E-state index contributed by atoms with van der Waals surface area (Å²) in [5, 5.41) is 6.33. The summed E-state index contributed by atoms with van der Waals surface area (Å²) in [6.45, 7) is 3.07. The van der Waals surface area contributed by atoms with Gasteiger partial charge in [0.2, 0.25) is 5.91 Å². The Morgan fingerprint density at radius 1 is 1.28 bits per heavy atom. The van der Waals surface area contributed by atoms with Crippen molar-refractivity contribution < 1.29 is 14.3 Å². The van der Waals surface area contributed by atoms with Crippen molar-refractivity contribution in [3.8, 4) is 5.75 Å². The number of amides is 2. The maximum absolute atomic E-state index is 12.4. The van der Waals surface area contributed by atoms with E-state index in [2.05, 4.69) is 20.5 Å². The van der Waals surface area contributed by atoms with Gasteiger partial charge in [0.15, 0.2) is 6.61 Å². The summed E-state index contributed by atoms with van der Waals surface area (Å²) in [6, 6.07) is 11.3. The number of rotatable bonds is 8. The molecule has 0 saturated carbocycles. The molecule has 1 atom stereocenters. The van der Waals surface area contributed by atoms with Crippen LogP contribution in [0, 0.1) is 0 Å². The lowest BCUT2D eigenvalue weighted by atomic mass is 10.1. The molecule has 29 heavy (non-hydrogen) atoms. The second-order valence-corrected chi connectivity index (χ2v) is 6.65. The largest absolute Gasteiger partial charge is 0.484 e. The van der Waals surface area contributed by atoms with Crippen LogP contribution in [0.2, 0.25) is 0 Å². The molecule has 8 nitrogen and oxygen atoms in total. The topological polar surface area (TPSA) is 110 Å². The summed E-state index contributed by atoms with van der Waals surface area (Å²) in [7, 11) is 0. The number of ether oxygens (including phenoxy) is 1. The highest BCUT2D eigenvalue weighted by atomic mass is 35.5. The molecule has 1 unspecified atom stereocenters. The first-order valence-electron chi connectivity index (χ1n) is 9.23. The molecule has 0 spiro atoms. The molecular formula is C20H26ClN5O3. The lowest BCUT2D eigenvalue weighted by Gasteiger charge is -2.35. The summed E-state index contributed by atoms with van der Waals surface area (Å²) >= 11 is 0. The van der Waals surface area contributed by atoms with Gasteiger partial charge in [-0.3, -0.25) is 19.5 Å². The van der Waals surface area contributed by atoms with E-state index in [9.17, 15) is 9.59 Å². The SMILES string of the molecule is Cl.NC(=O)COc1ccc(CNC(=O)CN2CCNCC2c2cccnc2)cc1. The van der Waals surface area contributed by atoms with Gasteiger partial charge in [-0.05, 0) is 29.3 Å². The molecule has 3 rings (SSSR count). The predicted octanol–water partition coefficient (Wildman–Crippen LogP) is 0.630. The molecule has 2 aromatic rings. The maximum Gasteiger partial charge on any atom is 0.255 e. The number of nitrogens with one attached hydrogen (secondary N) is 2. The number of aromatic nitrogens is 1. The molecule has 0 bridgehead atoms. The van der Waals surface area contributed by atoms with Crippen LogP contribution >= 0.6 is 12.4 Å². The molecule has 156 valence electrons. The van der Waals surface area contributed by atoms with Gasteiger partial charge in [-0.2, -0.15) is 0 Å². The van der Waals surface area contributed by atoms with Gasteiger partial charge in [0.25, 0.3) is 5.91 Å². The number of primary amides is 1. The highest BCUT2D eigenvalue weighted by Crippen LogP contribution is 2.20. The molecule has 0 radical (unpaired) electrons. The Kier molecular flexibility index (Phi) is 8.85. The van der Waals surface area contributed by atoms with Crippen molar-refractivity contribution in [2.75, 3.05) is 32.8 Å². The number of nitrogens with two attached hydrogens (primary N) is 1. The minimum Gasteiger partial charge on any atom is -0.484 e. The molecule has 1 fully saturated rings. The van der Waals surface area contributed by atoms with Crippen LogP contribution in [0.1, 0.15) is 17.2 Å². The van der Waals surface area contributed by atoms with Gasteiger partial charge >= 0.3 is 0 Å². The molecule has 1 aliphatic rings. The van der Waals surface area contributed by atoms with E-state index in [1.807, 2.05) is 30.5 Å². The third-order valence-corrected chi connectivity index (χ3v) is 4.56. The zero-order valence-electron chi connectivity index (χ0n) is 16.0. The van der Waals surface area contributed by atoms with Crippen LogP contribution in [0.5, 0.6) is 5.75 Å². The number of benzene rings is 1. The van der Waals surface area contributed by atoms with Crippen LogP contribution in [-0.4, -0.2) is 54.5 Å². The number of pyridine rings is 1. The van der Waals surface area contributed by atoms with Crippen molar-refractivity contribution in [3.63, 3.8) is 0 Å². The van der Waals surface area contributed by atoms with Crippen LogP contribution < -0.4 is 21.1 Å². The Bertz CT molecular complexity index is 788. The third kappa shape index (κ3) is 7.01. The number of hydrogen-bond acceptors (Lipinski definition) is 6. The van der Waals surface area contributed by atoms with Crippen LogP contribution in [-0.2, 0) is 16.1 Å². The van der Waals surface area contributed by atoms with Gasteiger partial charge in [-0.15, -0.1) is 12.4 Å². The van der Waals surface area contributed by atoms with Gasteiger partial charge in [0.05, 0.1) is 6.54 Å². The zero-order chi connectivity index (χ0) is 19.8. The van der Waals surface area contributed by atoms with Gasteiger partial charge in [-0.25, -0.2) is 0 Å². The van der Waals surface area contributed by atoms with Gasteiger partial charge in [0.1, 0.15) is 5.75 Å². The third-order valence-electron chi connectivity index (χ3n) is 4.56. The molecule has 1 aromatic heterocycles. The smallest absolute Gasteiger partial charge is 0.255 e. The normalized spacial score (nSPS) is 16.5. The fraction of sp³-hybridized carbons (Fsp3) is 0.350. The van der Waals surface area contributed by atoms with E-state index in [1.54, 1.807) is 18.3 Å². The molecule has 2 heterocycles. The van der Waals surface area contributed by atoms with Crippen molar-refractivity contribution in [2.45, 2.75) is 12.6 Å². The summed E-state index contributed by atoms with van der Waals surface area (Å²) in [5.74, 6) is 0.0210.